The van der Waals surface area contributed by atoms with Crippen molar-refractivity contribution >= 4 is 35.1 Å². The summed E-state index contributed by atoms with van der Waals surface area (Å²) in [5, 5.41) is 4.50. The SMILES string of the molecule is C=CCOc1cc(Cl)c(Cl)cc1C(NSC(C)(C)C)C1CCNC1. The fourth-order valence-electron chi connectivity index (χ4n) is 2.68. The summed E-state index contributed by atoms with van der Waals surface area (Å²) in [4.78, 5) is 0. The monoisotopic (exact) mass is 388 g/mol. The topological polar surface area (TPSA) is 33.3 Å². The largest absolute Gasteiger partial charge is 0.489 e. The molecule has 0 spiro atoms. The van der Waals surface area contributed by atoms with Crippen LogP contribution in [0.15, 0.2) is 24.8 Å². The van der Waals surface area contributed by atoms with Crippen LogP contribution in [0.2, 0.25) is 10.0 Å². The highest BCUT2D eigenvalue weighted by atomic mass is 35.5. The molecule has 6 heteroatoms. The van der Waals surface area contributed by atoms with Crippen molar-refractivity contribution in [3.05, 3.63) is 40.4 Å². The lowest BCUT2D eigenvalue weighted by atomic mass is 9.92. The number of hydrogen-bond acceptors (Lipinski definition) is 4. The van der Waals surface area contributed by atoms with Crippen LogP contribution in [0.3, 0.4) is 0 Å². The van der Waals surface area contributed by atoms with E-state index < -0.39 is 0 Å². The molecule has 0 saturated carbocycles. The van der Waals surface area contributed by atoms with Crippen molar-refractivity contribution in [3.63, 3.8) is 0 Å². The molecule has 2 atom stereocenters. The van der Waals surface area contributed by atoms with Gasteiger partial charge in [0.15, 0.2) is 0 Å². The Kier molecular flexibility index (Phi) is 7.32. The first-order valence-electron chi connectivity index (χ1n) is 8.18. The molecule has 0 bridgehead atoms. The Bertz CT molecular complexity index is 569. The molecule has 1 heterocycles. The molecule has 1 saturated heterocycles. The molecule has 24 heavy (non-hydrogen) atoms. The maximum atomic E-state index is 6.30. The molecule has 2 rings (SSSR count). The van der Waals surface area contributed by atoms with Gasteiger partial charge in [0.25, 0.3) is 0 Å². The summed E-state index contributed by atoms with van der Waals surface area (Å²) in [6.45, 7) is 12.7. The number of hydrogen-bond donors (Lipinski definition) is 2. The summed E-state index contributed by atoms with van der Waals surface area (Å²) in [6.07, 6.45) is 2.85. The van der Waals surface area contributed by atoms with E-state index in [4.69, 9.17) is 27.9 Å². The van der Waals surface area contributed by atoms with Crippen LogP contribution in [0.5, 0.6) is 5.75 Å². The van der Waals surface area contributed by atoms with Crippen molar-refractivity contribution in [3.8, 4) is 5.75 Å². The van der Waals surface area contributed by atoms with E-state index in [1.165, 1.54) is 0 Å². The minimum absolute atomic E-state index is 0.114. The molecule has 3 nitrogen and oxygen atoms in total. The Labute approximate surface area is 159 Å². The lowest BCUT2D eigenvalue weighted by Gasteiger charge is -2.29. The van der Waals surface area contributed by atoms with E-state index >= 15 is 0 Å². The van der Waals surface area contributed by atoms with Crippen LogP contribution < -0.4 is 14.8 Å². The number of nitrogens with one attached hydrogen (secondary N) is 2. The van der Waals surface area contributed by atoms with Crippen molar-refractivity contribution in [2.75, 3.05) is 19.7 Å². The van der Waals surface area contributed by atoms with E-state index in [9.17, 15) is 0 Å². The summed E-state index contributed by atoms with van der Waals surface area (Å²) in [6, 6.07) is 3.88. The van der Waals surface area contributed by atoms with Crippen LogP contribution in [0.25, 0.3) is 0 Å². The second kappa shape index (κ2) is 8.81. The first kappa shape index (κ1) is 19.9. The van der Waals surface area contributed by atoms with Gasteiger partial charge in [-0.15, -0.1) is 0 Å². The van der Waals surface area contributed by atoms with Gasteiger partial charge in [-0.3, -0.25) is 4.72 Å². The Morgan fingerprint density at radius 3 is 2.71 bits per heavy atom. The molecule has 1 aliphatic heterocycles. The van der Waals surface area contributed by atoms with E-state index in [2.05, 4.69) is 37.4 Å². The van der Waals surface area contributed by atoms with Gasteiger partial charge in [-0.2, -0.15) is 0 Å². The first-order valence-corrected chi connectivity index (χ1v) is 9.76. The third kappa shape index (κ3) is 5.57. The standard InChI is InChI=1S/C18H26Cl2N2OS/c1-5-8-23-16-10-15(20)14(19)9-13(16)17(12-6-7-21-11-12)22-24-18(2,3)4/h5,9-10,12,17,21-22H,1,6-8,11H2,2-4H3. The molecule has 1 aromatic rings. The maximum Gasteiger partial charge on any atom is 0.126 e. The Hall–Kier alpha value is -0.390. The van der Waals surface area contributed by atoms with Crippen molar-refractivity contribution in [1.82, 2.24) is 10.0 Å². The molecule has 1 fully saturated rings. The maximum absolute atomic E-state index is 6.30. The Morgan fingerprint density at radius 2 is 2.12 bits per heavy atom. The highest BCUT2D eigenvalue weighted by Crippen LogP contribution is 2.40. The zero-order valence-corrected chi connectivity index (χ0v) is 16.8. The number of rotatable bonds is 7. The van der Waals surface area contributed by atoms with E-state index in [-0.39, 0.29) is 10.8 Å². The summed E-state index contributed by atoms with van der Waals surface area (Å²) < 4.78 is 9.63. The molecule has 134 valence electrons. The average Bonchev–Trinajstić information content (AvgIpc) is 3.02. The molecular weight excluding hydrogens is 363 g/mol. The van der Waals surface area contributed by atoms with Gasteiger partial charge in [-0.25, -0.2) is 0 Å². The number of benzene rings is 1. The Morgan fingerprint density at radius 1 is 1.42 bits per heavy atom. The second-order valence-electron chi connectivity index (χ2n) is 6.97. The van der Waals surface area contributed by atoms with E-state index in [1.54, 1.807) is 18.0 Å². The first-order chi connectivity index (χ1) is 11.3. The molecule has 2 unspecified atom stereocenters. The molecular formula is C18H26Cl2N2OS. The van der Waals surface area contributed by atoms with E-state index in [1.807, 2.05) is 12.1 Å². The van der Waals surface area contributed by atoms with Gasteiger partial charge >= 0.3 is 0 Å². The molecule has 1 aromatic carbocycles. The second-order valence-corrected chi connectivity index (χ2v) is 9.45. The van der Waals surface area contributed by atoms with E-state index in [0.717, 1.165) is 30.8 Å². The van der Waals surface area contributed by atoms with Gasteiger partial charge in [-0.1, -0.05) is 47.8 Å². The zero-order chi connectivity index (χ0) is 17.7. The Balaban J connectivity index is 2.35. The molecule has 1 aliphatic rings. The van der Waals surface area contributed by atoms with Crippen LogP contribution in [-0.2, 0) is 0 Å². The van der Waals surface area contributed by atoms with Crippen LogP contribution in [0.4, 0.5) is 0 Å². The van der Waals surface area contributed by atoms with Crippen molar-refractivity contribution in [2.45, 2.75) is 38.0 Å². The number of ether oxygens (including phenoxy) is 1. The quantitative estimate of drug-likeness (QED) is 0.493. The van der Waals surface area contributed by atoms with Gasteiger partial charge in [-0.05, 0) is 52.3 Å². The lowest BCUT2D eigenvalue weighted by molar-refractivity contribution is 0.346. The third-order valence-electron chi connectivity index (χ3n) is 3.81. The lowest BCUT2D eigenvalue weighted by Crippen LogP contribution is -2.29. The summed E-state index contributed by atoms with van der Waals surface area (Å²) in [5.74, 6) is 1.24. The van der Waals surface area contributed by atoms with Gasteiger partial charge < -0.3 is 10.1 Å². The van der Waals surface area contributed by atoms with Gasteiger partial charge in [0, 0.05) is 22.4 Å². The van der Waals surface area contributed by atoms with Crippen LogP contribution in [-0.4, -0.2) is 24.4 Å². The average molecular weight is 389 g/mol. The molecule has 0 aromatic heterocycles. The third-order valence-corrected chi connectivity index (χ3v) is 5.51. The zero-order valence-electron chi connectivity index (χ0n) is 14.5. The molecule has 0 aliphatic carbocycles. The molecule has 0 radical (unpaired) electrons. The predicted molar refractivity (Wildman–Crippen MR) is 106 cm³/mol. The summed E-state index contributed by atoms with van der Waals surface area (Å²) in [5.41, 5.74) is 1.05. The summed E-state index contributed by atoms with van der Waals surface area (Å²) >= 11 is 14.2. The highest BCUT2D eigenvalue weighted by molar-refractivity contribution is 7.98. The van der Waals surface area contributed by atoms with Gasteiger partial charge in [0.05, 0.1) is 10.0 Å². The van der Waals surface area contributed by atoms with Gasteiger partial charge in [0.1, 0.15) is 12.4 Å². The fourth-order valence-corrected chi connectivity index (χ4v) is 3.80. The minimum Gasteiger partial charge on any atom is -0.489 e. The normalized spacial score (nSPS) is 19.3. The molecule has 2 N–H and O–H groups in total. The predicted octanol–water partition coefficient (Wildman–Crippen LogP) is 5.25. The van der Waals surface area contributed by atoms with Crippen LogP contribution >= 0.6 is 35.1 Å². The summed E-state index contributed by atoms with van der Waals surface area (Å²) in [7, 11) is 0. The van der Waals surface area contributed by atoms with Crippen molar-refractivity contribution in [2.24, 2.45) is 5.92 Å². The van der Waals surface area contributed by atoms with Gasteiger partial charge in [0.2, 0.25) is 0 Å². The fraction of sp³-hybridized carbons (Fsp3) is 0.556. The van der Waals surface area contributed by atoms with Crippen LogP contribution in [0.1, 0.15) is 38.8 Å². The number of halogens is 2. The van der Waals surface area contributed by atoms with Crippen LogP contribution in [0, 0.1) is 5.92 Å². The smallest absolute Gasteiger partial charge is 0.126 e. The van der Waals surface area contributed by atoms with Crippen molar-refractivity contribution in [1.29, 1.82) is 0 Å². The molecule has 0 amide bonds. The van der Waals surface area contributed by atoms with E-state index in [0.29, 0.717) is 22.6 Å². The minimum atomic E-state index is 0.114. The van der Waals surface area contributed by atoms with Crippen molar-refractivity contribution < 1.29 is 4.74 Å². The highest BCUT2D eigenvalue weighted by Gasteiger charge is 2.30.